The predicted molar refractivity (Wildman–Crippen MR) is 94.1 cm³/mol. The van der Waals surface area contributed by atoms with Crippen LogP contribution in [0.15, 0.2) is 54.6 Å². The average molecular weight is 306 g/mol. The lowest BCUT2D eigenvalue weighted by Crippen LogP contribution is -2.18. The van der Waals surface area contributed by atoms with E-state index in [2.05, 4.69) is 33.8 Å². The molecule has 3 aromatic rings. The van der Waals surface area contributed by atoms with Crippen molar-refractivity contribution in [3.8, 4) is 22.7 Å². The van der Waals surface area contributed by atoms with Crippen molar-refractivity contribution in [3.05, 3.63) is 65.9 Å². The van der Waals surface area contributed by atoms with Crippen LogP contribution in [-0.2, 0) is 5.41 Å². The second-order valence-electron chi connectivity index (χ2n) is 6.86. The van der Waals surface area contributed by atoms with E-state index in [1.54, 1.807) is 0 Å². The van der Waals surface area contributed by atoms with Gasteiger partial charge in [-0.1, -0.05) is 69.3 Å². The number of aromatic nitrogens is 2. The maximum absolute atomic E-state index is 10.9. The normalized spacial score (nSPS) is 11.7. The van der Waals surface area contributed by atoms with Crippen LogP contribution < -0.4 is 0 Å². The molecule has 118 valence electrons. The van der Waals surface area contributed by atoms with Gasteiger partial charge in [0.1, 0.15) is 5.69 Å². The van der Waals surface area contributed by atoms with Crippen LogP contribution >= 0.6 is 0 Å². The zero-order chi connectivity index (χ0) is 16.6. The maximum atomic E-state index is 10.9. The van der Waals surface area contributed by atoms with Crippen molar-refractivity contribution >= 4 is 0 Å². The Hall–Kier alpha value is -2.55. The summed E-state index contributed by atoms with van der Waals surface area (Å²) in [6.07, 6.45) is 0. The Morgan fingerprint density at radius 2 is 1.52 bits per heavy atom. The van der Waals surface area contributed by atoms with Crippen LogP contribution in [0.3, 0.4) is 0 Å². The quantitative estimate of drug-likeness (QED) is 0.735. The number of aromatic hydroxyl groups is 1. The summed E-state index contributed by atoms with van der Waals surface area (Å²) >= 11 is 0. The van der Waals surface area contributed by atoms with E-state index in [0.717, 1.165) is 22.5 Å². The van der Waals surface area contributed by atoms with E-state index in [0.29, 0.717) is 5.69 Å². The molecule has 0 amide bonds. The summed E-state index contributed by atoms with van der Waals surface area (Å²) in [5.74, 6) is 0.256. The molecule has 3 nitrogen and oxygen atoms in total. The summed E-state index contributed by atoms with van der Waals surface area (Å²) in [6, 6.07) is 17.9. The van der Waals surface area contributed by atoms with Gasteiger partial charge in [-0.15, -0.1) is 0 Å². The lowest BCUT2D eigenvalue weighted by molar-refractivity contribution is 0.440. The Bertz CT molecular complexity index is 827. The molecule has 0 unspecified atom stereocenters. The Morgan fingerprint density at radius 3 is 2.13 bits per heavy atom. The molecule has 0 saturated carbocycles. The molecule has 0 bridgehead atoms. The number of benzene rings is 2. The van der Waals surface area contributed by atoms with Crippen molar-refractivity contribution < 1.29 is 5.11 Å². The van der Waals surface area contributed by atoms with Crippen molar-refractivity contribution in [2.45, 2.75) is 33.1 Å². The molecule has 0 saturated heterocycles. The third kappa shape index (κ3) is 2.74. The van der Waals surface area contributed by atoms with Crippen molar-refractivity contribution in [2.24, 2.45) is 0 Å². The molecule has 0 spiro atoms. The second kappa shape index (κ2) is 5.58. The molecule has 0 atom stereocenters. The molecule has 3 heteroatoms. The highest BCUT2D eigenvalue weighted by Crippen LogP contribution is 2.39. The number of hydrogen-bond donors (Lipinski definition) is 1. The van der Waals surface area contributed by atoms with Crippen LogP contribution in [0.25, 0.3) is 16.9 Å². The Labute approximate surface area is 137 Å². The van der Waals surface area contributed by atoms with Crippen LogP contribution in [0.4, 0.5) is 0 Å². The fraction of sp³-hybridized carbons (Fsp3) is 0.250. The van der Waals surface area contributed by atoms with Crippen LogP contribution in [0.1, 0.15) is 32.0 Å². The lowest BCUT2D eigenvalue weighted by Gasteiger charge is -2.21. The fourth-order valence-corrected chi connectivity index (χ4v) is 2.85. The van der Waals surface area contributed by atoms with Crippen LogP contribution in [0, 0.1) is 6.92 Å². The molecule has 0 aliphatic rings. The highest BCUT2D eigenvalue weighted by atomic mass is 16.3. The first kappa shape index (κ1) is 15.3. The zero-order valence-electron chi connectivity index (χ0n) is 14.0. The van der Waals surface area contributed by atoms with Crippen LogP contribution in [0.5, 0.6) is 5.75 Å². The third-order valence-electron chi connectivity index (χ3n) is 3.96. The first-order valence-electron chi connectivity index (χ1n) is 7.83. The lowest BCUT2D eigenvalue weighted by atomic mass is 9.90. The Morgan fingerprint density at radius 1 is 0.913 bits per heavy atom. The molecule has 0 aliphatic heterocycles. The van der Waals surface area contributed by atoms with Gasteiger partial charge in [0, 0.05) is 11.0 Å². The highest BCUT2D eigenvalue weighted by molar-refractivity contribution is 5.69. The predicted octanol–water partition coefficient (Wildman–Crippen LogP) is 4.85. The van der Waals surface area contributed by atoms with E-state index in [1.165, 1.54) is 0 Å². The standard InChI is InChI=1S/C20H22N2O/c1-14-10-8-9-13-16(14)22-19(20(2,3)4)18(23)17(21-22)15-11-6-5-7-12-15/h5-13,23H,1-4H3. The zero-order valence-corrected chi connectivity index (χ0v) is 14.0. The summed E-state index contributed by atoms with van der Waals surface area (Å²) in [6.45, 7) is 8.33. The van der Waals surface area contributed by atoms with Gasteiger partial charge < -0.3 is 5.11 Å². The molecular formula is C20H22N2O. The van der Waals surface area contributed by atoms with Crippen LogP contribution in [0.2, 0.25) is 0 Å². The third-order valence-corrected chi connectivity index (χ3v) is 3.96. The Kier molecular flexibility index (Phi) is 3.72. The number of nitrogens with zero attached hydrogens (tertiary/aromatic N) is 2. The summed E-state index contributed by atoms with van der Waals surface area (Å²) < 4.78 is 1.88. The van der Waals surface area contributed by atoms with E-state index in [9.17, 15) is 5.11 Å². The van der Waals surface area contributed by atoms with Gasteiger partial charge in [-0.25, -0.2) is 4.68 Å². The minimum atomic E-state index is -0.230. The molecule has 1 N–H and O–H groups in total. The van der Waals surface area contributed by atoms with Crippen molar-refractivity contribution in [1.82, 2.24) is 9.78 Å². The number of para-hydroxylation sites is 1. The minimum absolute atomic E-state index is 0.230. The number of rotatable bonds is 2. The van der Waals surface area contributed by atoms with Crippen molar-refractivity contribution in [3.63, 3.8) is 0 Å². The molecule has 0 radical (unpaired) electrons. The highest BCUT2D eigenvalue weighted by Gasteiger charge is 2.29. The van der Waals surface area contributed by atoms with Gasteiger partial charge >= 0.3 is 0 Å². The monoisotopic (exact) mass is 306 g/mol. The average Bonchev–Trinajstić information content (AvgIpc) is 2.86. The molecule has 3 rings (SSSR count). The van der Waals surface area contributed by atoms with E-state index < -0.39 is 0 Å². The van der Waals surface area contributed by atoms with Gasteiger partial charge in [-0.3, -0.25) is 0 Å². The van der Waals surface area contributed by atoms with Crippen molar-refractivity contribution in [2.75, 3.05) is 0 Å². The molecule has 0 fully saturated rings. The first-order chi connectivity index (χ1) is 10.9. The summed E-state index contributed by atoms with van der Waals surface area (Å²) in [5.41, 5.74) is 4.26. The molecule has 0 aliphatic carbocycles. The molecule has 2 aromatic carbocycles. The van der Waals surface area contributed by atoms with Crippen LogP contribution in [-0.4, -0.2) is 14.9 Å². The summed E-state index contributed by atoms with van der Waals surface area (Å²) in [5, 5.41) is 15.6. The maximum Gasteiger partial charge on any atom is 0.166 e. The molecular weight excluding hydrogens is 284 g/mol. The largest absolute Gasteiger partial charge is 0.504 e. The molecule has 23 heavy (non-hydrogen) atoms. The van der Waals surface area contributed by atoms with Gasteiger partial charge in [-0.2, -0.15) is 5.10 Å². The smallest absolute Gasteiger partial charge is 0.166 e. The topological polar surface area (TPSA) is 38.0 Å². The van der Waals surface area contributed by atoms with E-state index in [-0.39, 0.29) is 11.2 Å². The SMILES string of the molecule is Cc1ccccc1-n1nc(-c2ccccc2)c(O)c1C(C)(C)C. The van der Waals surface area contributed by atoms with E-state index in [4.69, 9.17) is 5.10 Å². The van der Waals surface area contributed by atoms with E-state index in [1.807, 2.05) is 53.2 Å². The van der Waals surface area contributed by atoms with E-state index >= 15 is 0 Å². The molecule has 1 aromatic heterocycles. The summed E-state index contributed by atoms with van der Waals surface area (Å²) in [7, 11) is 0. The van der Waals surface area contributed by atoms with Gasteiger partial charge in [0.2, 0.25) is 0 Å². The summed E-state index contributed by atoms with van der Waals surface area (Å²) in [4.78, 5) is 0. The first-order valence-corrected chi connectivity index (χ1v) is 7.83. The fourth-order valence-electron chi connectivity index (χ4n) is 2.85. The minimum Gasteiger partial charge on any atom is -0.504 e. The number of hydrogen-bond acceptors (Lipinski definition) is 2. The second-order valence-corrected chi connectivity index (χ2v) is 6.86. The van der Waals surface area contributed by atoms with Crippen molar-refractivity contribution in [1.29, 1.82) is 0 Å². The van der Waals surface area contributed by atoms with Gasteiger partial charge in [-0.05, 0) is 18.6 Å². The van der Waals surface area contributed by atoms with Gasteiger partial charge in [0.05, 0.1) is 11.4 Å². The molecule has 1 heterocycles. The van der Waals surface area contributed by atoms with Gasteiger partial charge in [0.15, 0.2) is 5.75 Å². The van der Waals surface area contributed by atoms with Gasteiger partial charge in [0.25, 0.3) is 0 Å². The number of aryl methyl sites for hydroxylation is 1. The Balaban J connectivity index is 2.30.